The lowest BCUT2D eigenvalue weighted by Gasteiger charge is -2.24. The first kappa shape index (κ1) is 14.6. The van der Waals surface area contributed by atoms with Gasteiger partial charge in [-0.25, -0.2) is 0 Å². The van der Waals surface area contributed by atoms with Crippen LogP contribution < -0.4 is 10.6 Å². The van der Waals surface area contributed by atoms with Gasteiger partial charge in [0.15, 0.2) is 5.96 Å². The lowest BCUT2D eigenvalue weighted by Crippen LogP contribution is -2.45. The SMILES string of the molecule is C=CCNC(=NC)NC1CCc2cn(C(C)C)nc2C1. The Morgan fingerprint density at radius 1 is 1.65 bits per heavy atom. The van der Waals surface area contributed by atoms with Gasteiger partial charge < -0.3 is 10.6 Å². The highest BCUT2D eigenvalue weighted by atomic mass is 15.3. The van der Waals surface area contributed by atoms with Gasteiger partial charge in [0.05, 0.1) is 5.69 Å². The van der Waals surface area contributed by atoms with E-state index in [4.69, 9.17) is 5.10 Å². The first-order chi connectivity index (χ1) is 9.63. The molecule has 1 aliphatic carbocycles. The first-order valence-corrected chi connectivity index (χ1v) is 7.29. The second-order valence-electron chi connectivity index (χ2n) is 5.50. The molecule has 1 aromatic heterocycles. The normalized spacial score (nSPS) is 18.8. The molecule has 0 saturated heterocycles. The Bertz CT molecular complexity index is 486. The van der Waals surface area contributed by atoms with Crippen molar-refractivity contribution in [2.45, 2.75) is 45.2 Å². The van der Waals surface area contributed by atoms with E-state index < -0.39 is 0 Å². The van der Waals surface area contributed by atoms with Crippen molar-refractivity contribution < 1.29 is 0 Å². The van der Waals surface area contributed by atoms with E-state index in [1.807, 2.05) is 6.08 Å². The van der Waals surface area contributed by atoms with Crippen LogP contribution in [0, 0.1) is 0 Å². The molecule has 1 aliphatic rings. The summed E-state index contributed by atoms with van der Waals surface area (Å²) in [5.41, 5.74) is 2.62. The predicted octanol–water partition coefficient (Wildman–Crippen LogP) is 1.67. The maximum atomic E-state index is 4.70. The summed E-state index contributed by atoms with van der Waals surface area (Å²) in [6.07, 6.45) is 7.19. The van der Waals surface area contributed by atoms with Crippen LogP contribution in [0.15, 0.2) is 23.8 Å². The largest absolute Gasteiger partial charge is 0.353 e. The highest BCUT2D eigenvalue weighted by molar-refractivity contribution is 5.80. The average molecular weight is 275 g/mol. The van der Waals surface area contributed by atoms with E-state index in [0.29, 0.717) is 12.1 Å². The highest BCUT2D eigenvalue weighted by Crippen LogP contribution is 2.21. The van der Waals surface area contributed by atoms with Crippen LogP contribution >= 0.6 is 0 Å². The van der Waals surface area contributed by atoms with Crippen LogP contribution in [0.4, 0.5) is 0 Å². The summed E-state index contributed by atoms with van der Waals surface area (Å²) in [7, 11) is 1.79. The van der Waals surface area contributed by atoms with E-state index in [1.54, 1.807) is 7.05 Å². The van der Waals surface area contributed by atoms with Gasteiger partial charge in [0, 0.05) is 38.3 Å². The lowest BCUT2D eigenvalue weighted by atomic mass is 9.94. The molecule has 2 N–H and O–H groups in total. The molecule has 0 bridgehead atoms. The van der Waals surface area contributed by atoms with Crippen molar-refractivity contribution in [3.05, 3.63) is 30.1 Å². The zero-order valence-electron chi connectivity index (χ0n) is 12.7. The van der Waals surface area contributed by atoms with Gasteiger partial charge in [-0.15, -0.1) is 6.58 Å². The molecular formula is C15H25N5. The van der Waals surface area contributed by atoms with E-state index in [1.165, 1.54) is 11.3 Å². The number of hydrogen-bond donors (Lipinski definition) is 2. The minimum Gasteiger partial charge on any atom is -0.353 e. The highest BCUT2D eigenvalue weighted by Gasteiger charge is 2.22. The molecule has 0 aromatic carbocycles. The van der Waals surface area contributed by atoms with Crippen LogP contribution in [0.1, 0.15) is 37.6 Å². The van der Waals surface area contributed by atoms with Crippen molar-refractivity contribution in [3.63, 3.8) is 0 Å². The van der Waals surface area contributed by atoms with Crippen molar-refractivity contribution in [2.75, 3.05) is 13.6 Å². The number of aliphatic imine (C=N–C) groups is 1. The number of hydrogen-bond acceptors (Lipinski definition) is 2. The molecule has 110 valence electrons. The van der Waals surface area contributed by atoms with Crippen LogP contribution in [-0.2, 0) is 12.8 Å². The fourth-order valence-corrected chi connectivity index (χ4v) is 2.46. The summed E-state index contributed by atoms with van der Waals surface area (Å²) in [5.74, 6) is 0.835. The molecule has 1 atom stereocenters. The summed E-state index contributed by atoms with van der Waals surface area (Å²) in [6, 6.07) is 0.822. The molecule has 0 saturated carbocycles. The Morgan fingerprint density at radius 3 is 3.10 bits per heavy atom. The smallest absolute Gasteiger partial charge is 0.191 e. The molecule has 0 radical (unpaired) electrons. The van der Waals surface area contributed by atoms with Crippen molar-refractivity contribution in [1.82, 2.24) is 20.4 Å². The molecule has 0 aliphatic heterocycles. The molecule has 0 amide bonds. The quantitative estimate of drug-likeness (QED) is 0.499. The van der Waals surface area contributed by atoms with Gasteiger partial charge >= 0.3 is 0 Å². The maximum absolute atomic E-state index is 4.70. The Kier molecular flexibility index (Phi) is 4.82. The second kappa shape index (κ2) is 6.59. The van der Waals surface area contributed by atoms with Gasteiger partial charge in [-0.3, -0.25) is 9.67 Å². The third kappa shape index (κ3) is 3.40. The monoisotopic (exact) mass is 275 g/mol. The molecule has 0 spiro atoms. The van der Waals surface area contributed by atoms with E-state index in [0.717, 1.165) is 31.8 Å². The zero-order valence-corrected chi connectivity index (χ0v) is 12.7. The predicted molar refractivity (Wildman–Crippen MR) is 83.1 cm³/mol. The van der Waals surface area contributed by atoms with Crippen molar-refractivity contribution in [3.8, 4) is 0 Å². The van der Waals surface area contributed by atoms with Crippen LogP contribution in [0.3, 0.4) is 0 Å². The molecule has 1 aromatic rings. The summed E-state index contributed by atoms with van der Waals surface area (Å²) in [4.78, 5) is 4.23. The number of guanidine groups is 1. The molecule has 2 rings (SSSR count). The Morgan fingerprint density at radius 2 is 2.45 bits per heavy atom. The van der Waals surface area contributed by atoms with Crippen molar-refractivity contribution in [1.29, 1.82) is 0 Å². The van der Waals surface area contributed by atoms with Gasteiger partial charge in [-0.2, -0.15) is 5.10 Å². The number of rotatable bonds is 4. The number of nitrogens with zero attached hydrogens (tertiary/aromatic N) is 3. The van der Waals surface area contributed by atoms with Gasteiger partial charge in [0.2, 0.25) is 0 Å². The Balaban J connectivity index is 1.98. The fourth-order valence-electron chi connectivity index (χ4n) is 2.46. The van der Waals surface area contributed by atoms with Crippen molar-refractivity contribution in [2.24, 2.45) is 4.99 Å². The van der Waals surface area contributed by atoms with Gasteiger partial charge in [-0.05, 0) is 32.3 Å². The minimum absolute atomic E-state index is 0.397. The molecule has 20 heavy (non-hydrogen) atoms. The van der Waals surface area contributed by atoms with Gasteiger partial charge in [0.1, 0.15) is 0 Å². The zero-order chi connectivity index (χ0) is 14.5. The summed E-state index contributed by atoms with van der Waals surface area (Å²) in [5, 5.41) is 11.4. The molecule has 1 unspecified atom stereocenters. The maximum Gasteiger partial charge on any atom is 0.191 e. The minimum atomic E-state index is 0.397. The number of aromatic nitrogens is 2. The molecule has 5 heteroatoms. The van der Waals surface area contributed by atoms with E-state index in [9.17, 15) is 0 Å². The van der Waals surface area contributed by atoms with E-state index >= 15 is 0 Å². The average Bonchev–Trinajstić information content (AvgIpc) is 2.86. The fraction of sp³-hybridized carbons (Fsp3) is 0.600. The van der Waals surface area contributed by atoms with Crippen LogP contribution in [0.25, 0.3) is 0 Å². The summed E-state index contributed by atoms with van der Waals surface area (Å²) >= 11 is 0. The standard InChI is InChI=1S/C15H25N5/c1-5-8-17-15(16-4)18-13-7-6-12-10-20(11(2)3)19-14(12)9-13/h5,10-11,13H,1,6-9H2,2-4H3,(H2,16,17,18). The van der Waals surface area contributed by atoms with Crippen LogP contribution in [0.2, 0.25) is 0 Å². The van der Waals surface area contributed by atoms with E-state index in [-0.39, 0.29) is 0 Å². The van der Waals surface area contributed by atoms with Crippen LogP contribution in [-0.4, -0.2) is 35.4 Å². The first-order valence-electron chi connectivity index (χ1n) is 7.29. The molecular weight excluding hydrogens is 250 g/mol. The Labute approximate surface area is 121 Å². The second-order valence-corrected chi connectivity index (χ2v) is 5.50. The molecule has 1 heterocycles. The molecule has 5 nitrogen and oxygen atoms in total. The molecule has 0 fully saturated rings. The van der Waals surface area contributed by atoms with Gasteiger partial charge in [-0.1, -0.05) is 6.08 Å². The number of nitrogens with one attached hydrogen (secondary N) is 2. The van der Waals surface area contributed by atoms with Crippen LogP contribution in [0.5, 0.6) is 0 Å². The van der Waals surface area contributed by atoms with Gasteiger partial charge in [0.25, 0.3) is 0 Å². The third-order valence-electron chi connectivity index (χ3n) is 3.60. The number of fused-ring (bicyclic) bond motifs is 1. The summed E-state index contributed by atoms with van der Waals surface area (Å²) < 4.78 is 2.07. The Hall–Kier alpha value is -1.78. The van der Waals surface area contributed by atoms with Crippen molar-refractivity contribution >= 4 is 5.96 Å². The number of aryl methyl sites for hydroxylation is 1. The topological polar surface area (TPSA) is 54.2 Å². The third-order valence-corrected chi connectivity index (χ3v) is 3.60. The summed E-state index contributed by atoms with van der Waals surface area (Å²) in [6.45, 7) is 8.75. The lowest BCUT2D eigenvalue weighted by molar-refractivity contribution is 0.500. The van der Waals surface area contributed by atoms with E-state index in [2.05, 4.69) is 46.9 Å².